The third-order valence-electron chi connectivity index (χ3n) is 5.27. The number of rotatable bonds is 5. The van der Waals surface area contributed by atoms with Crippen LogP contribution in [0.25, 0.3) is 16.8 Å². The number of hydrogen-bond acceptors (Lipinski definition) is 1. The van der Waals surface area contributed by atoms with E-state index in [0.29, 0.717) is 5.92 Å². The summed E-state index contributed by atoms with van der Waals surface area (Å²) in [5.74, 6) is 0.563. The van der Waals surface area contributed by atoms with Gasteiger partial charge in [0.15, 0.2) is 0 Å². The fourth-order valence-electron chi connectivity index (χ4n) is 3.47. The summed E-state index contributed by atoms with van der Waals surface area (Å²) in [6, 6.07) is 15.6. The minimum atomic E-state index is 0.563. The number of aromatic nitrogens is 2. The van der Waals surface area contributed by atoms with Crippen molar-refractivity contribution in [3.8, 4) is 16.8 Å². The van der Waals surface area contributed by atoms with Crippen LogP contribution in [0, 0.1) is 20.8 Å². The lowest BCUT2D eigenvalue weighted by atomic mass is 9.90. The van der Waals surface area contributed by atoms with Gasteiger partial charge in [-0.1, -0.05) is 44.2 Å². The maximum Gasteiger partial charge on any atom is 0.0686 e. The summed E-state index contributed by atoms with van der Waals surface area (Å²) in [5, 5.41) is 4.68. The average Bonchev–Trinajstić information content (AvgIpc) is 3.05. The summed E-state index contributed by atoms with van der Waals surface area (Å²) < 4.78 is 2.04. The van der Waals surface area contributed by atoms with Crippen molar-refractivity contribution in [2.45, 2.75) is 53.4 Å². The Morgan fingerprint density at radius 3 is 2.12 bits per heavy atom. The summed E-state index contributed by atoms with van der Waals surface area (Å²) in [6.45, 7) is 10.9. The molecular formula is C23H28N2. The van der Waals surface area contributed by atoms with Crippen molar-refractivity contribution in [1.29, 1.82) is 0 Å². The highest BCUT2D eigenvalue weighted by molar-refractivity contribution is 5.68. The zero-order valence-electron chi connectivity index (χ0n) is 16.0. The molecule has 0 amide bonds. The first kappa shape index (κ1) is 17.5. The summed E-state index contributed by atoms with van der Waals surface area (Å²) >= 11 is 0. The van der Waals surface area contributed by atoms with Gasteiger partial charge in [0.2, 0.25) is 0 Å². The van der Waals surface area contributed by atoms with E-state index in [4.69, 9.17) is 0 Å². The van der Waals surface area contributed by atoms with Crippen LogP contribution < -0.4 is 0 Å². The first-order chi connectivity index (χ1) is 12.0. The molecule has 0 bridgehead atoms. The van der Waals surface area contributed by atoms with E-state index in [9.17, 15) is 0 Å². The molecule has 0 fully saturated rings. The molecule has 0 atom stereocenters. The molecule has 25 heavy (non-hydrogen) atoms. The van der Waals surface area contributed by atoms with Crippen LogP contribution in [0.3, 0.4) is 0 Å². The van der Waals surface area contributed by atoms with Gasteiger partial charge in [-0.25, -0.2) is 4.68 Å². The van der Waals surface area contributed by atoms with Crippen LogP contribution in [0.1, 0.15) is 55.0 Å². The lowest BCUT2D eigenvalue weighted by Crippen LogP contribution is -2.05. The first-order valence-electron chi connectivity index (χ1n) is 9.27. The standard InChI is InChI=1S/C23H28N2/c1-6-19(7-2)22-11-10-21(20-9-8-16(3)17(4)14-20)15-23(22)25-13-12-18(5)24-25/h8-15,19H,6-7H2,1-5H3. The summed E-state index contributed by atoms with van der Waals surface area (Å²) in [4.78, 5) is 0. The lowest BCUT2D eigenvalue weighted by Gasteiger charge is -2.19. The van der Waals surface area contributed by atoms with Crippen LogP contribution in [-0.2, 0) is 0 Å². The van der Waals surface area contributed by atoms with Gasteiger partial charge >= 0.3 is 0 Å². The van der Waals surface area contributed by atoms with Gasteiger partial charge in [0.25, 0.3) is 0 Å². The molecule has 1 heterocycles. The van der Waals surface area contributed by atoms with Crippen LogP contribution in [-0.4, -0.2) is 9.78 Å². The molecule has 0 aliphatic carbocycles. The SMILES string of the molecule is CCC(CC)c1ccc(-c2ccc(C)c(C)c2)cc1-n1ccc(C)n1. The molecule has 0 N–H and O–H groups in total. The quantitative estimate of drug-likeness (QED) is 0.531. The van der Waals surface area contributed by atoms with Crippen LogP contribution in [0.2, 0.25) is 0 Å². The van der Waals surface area contributed by atoms with Crippen molar-refractivity contribution < 1.29 is 0 Å². The van der Waals surface area contributed by atoms with E-state index in [-0.39, 0.29) is 0 Å². The van der Waals surface area contributed by atoms with Gasteiger partial charge in [-0.3, -0.25) is 0 Å². The van der Waals surface area contributed by atoms with Crippen molar-refractivity contribution in [2.24, 2.45) is 0 Å². The van der Waals surface area contributed by atoms with Crippen molar-refractivity contribution in [1.82, 2.24) is 9.78 Å². The third-order valence-corrected chi connectivity index (χ3v) is 5.27. The summed E-state index contributed by atoms with van der Waals surface area (Å²) in [5.41, 5.74) is 8.83. The molecular weight excluding hydrogens is 304 g/mol. The fraction of sp³-hybridized carbons (Fsp3) is 0.348. The Bertz CT molecular complexity index is 870. The maximum absolute atomic E-state index is 4.68. The highest BCUT2D eigenvalue weighted by Crippen LogP contribution is 2.32. The molecule has 130 valence electrons. The van der Waals surface area contributed by atoms with Gasteiger partial charge in [0.1, 0.15) is 0 Å². The fourth-order valence-corrected chi connectivity index (χ4v) is 3.47. The van der Waals surface area contributed by atoms with Gasteiger partial charge in [-0.2, -0.15) is 5.10 Å². The zero-order valence-corrected chi connectivity index (χ0v) is 16.0. The lowest BCUT2D eigenvalue weighted by molar-refractivity contribution is 0.634. The minimum Gasteiger partial charge on any atom is -0.240 e. The van der Waals surface area contributed by atoms with Gasteiger partial charge in [0.05, 0.1) is 11.4 Å². The third kappa shape index (κ3) is 3.53. The highest BCUT2D eigenvalue weighted by Gasteiger charge is 2.15. The van der Waals surface area contributed by atoms with Crippen LogP contribution >= 0.6 is 0 Å². The zero-order chi connectivity index (χ0) is 18.0. The summed E-state index contributed by atoms with van der Waals surface area (Å²) in [7, 11) is 0. The monoisotopic (exact) mass is 332 g/mol. The molecule has 1 aromatic heterocycles. The second kappa shape index (κ2) is 7.26. The molecule has 0 spiro atoms. The predicted molar refractivity (Wildman–Crippen MR) is 107 cm³/mol. The molecule has 2 nitrogen and oxygen atoms in total. The van der Waals surface area contributed by atoms with Gasteiger partial charge < -0.3 is 0 Å². The van der Waals surface area contributed by atoms with E-state index < -0.39 is 0 Å². The Hall–Kier alpha value is -2.35. The van der Waals surface area contributed by atoms with Gasteiger partial charge in [-0.05, 0) is 79.5 Å². The molecule has 3 aromatic rings. The van der Waals surface area contributed by atoms with Crippen molar-refractivity contribution in [2.75, 3.05) is 0 Å². The van der Waals surface area contributed by atoms with Crippen LogP contribution in [0.15, 0.2) is 48.7 Å². The Balaban J connectivity index is 2.15. The number of aryl methyl sites for hydroxylation is 3. The number of benzene rings is 2. The molecule has 2 heteroatoms. The van der Waals surface area contributed by atoms with E-state index in [2.05, 4.69) is 81.5 Å². The number of hydrogen-bond donors (Lipinski definition) is 0. The second-order valence-electron chi connectivity index (χ2n) is 6.99. The minimum absolute atomic E-state index is 0.563. The Morgan fingerprint density at radius 1 is 0.840 bits per heavy atom. The van der Waals surface area contributed by atoms with Gasteiger partial charge in [-0.15, -0.1) is 0 Å². The number of nitrogens with zero attached hydrogens (tertiary/aromatic N) is 2. The largest absolute Gasteiger partial charge is 0.240 e. The summed E-state index contributed by atoms with van der Waals surface area (Å²) in [6.07, 6.45) is 4.36. The van der Waals surface area contributed by atoms with Crippen LogP contribution in [0.5, 0.6) is 0 Å². The van der Waals surface area contributed by atoms with Crippen LogP contribution in [0.4, 0.5) is 0 Å². The molecule has 0 saturated heterocycles. The predicted octanol–water partition coefficient (Wildman–Crippen LogP) is 6.37. The normalized spacial score (nSPS) is 11.3. The smallest absolute Gasteiger partial charge is 0.0686 e. The van der Waals surface area contributed by atoms with Gasteiger partial charge in [0, 0.05) is 6.20 Å². The molecule has 0 saturated carbocycles. The second-order valence-corrected chi connectivity index (χ2v) is 6.99. The Kier molecular flexibility index (Phi) is 5.08. The Morgan fingerprint density at radius 2 is 1.52 bits per heavy atom. The van der Waals surface area contributed by atoms with E-state index in [1.807, 2.05) is 11.6 Å². The first-order valence-corrected chi connectivity index (χ1v) is 9.27. The Labute approximate surface area is 151 Å². The molecule has 0 aliphatic rings. The molecule has 0 radical (unpaired) electrons. The topological polar surface area (TPSA) is 17.8 Å². The van der Waals surface area contributed by atoms with E-state index >= 15 is 0 Å². The molecule has 2 aromatic carbocycles. The van der Waals surface area contributed by atoms with Crippen molar-refractivity contribution in [3.05, 3.63) is 71.0 Å². The average molecular weight is 332 g/mol. The van der Waals surface area contributed by atoms with E-state index in [1.165, 1.54) is 33.5 Å². The molecule has 0 unspecified atom stereocenters. The van der Waals surface area contributed by atoms with Crippen molar-refractivity contribution in [3.63, 3.8) is 0 Å². The van der Waals surface area contributed by atoms with E-state index in [0.717, 1.165) is 18.5 Å². The maximum atomic E-state index is 4.68. The molecule has 3 rings (SSSR count). The van der Waals surface area contributed by atoms with E-state index in [1.54, 1.807) is 0 Å². The van der Waals surface area contributed by atoms with Crippen molar-refractivity contribution >= 4 is 0 Å². The highest BCUT2D eigenvalue weighted by atomic mass is 15.3. The molecule has 0 aliphatic heterocycles.